The number of carbonyl (C=O) groups is 2. The third-order valence-corrected chi connectivity index (χ3v) is 6.88. The van der Waals surface area contributed by atoms with E-state index in [1.54, 1.807) is 4.90 Å². The maximum absolute atomic E-state index is 13.7. The Bertz CT molecular complexity index is 1130. The number of thioether (sulfide) groups is 1. The van der Waals surface area contributed by atoms with E-state index in [2.05, 4.69) is 21.2 Å². The first-order valence-corrected chi connectivity index (χ1v) is 13.5. The van der Waals surface area contributed by atoms with Crippen LogP contribution in [-0.2, 0) is 22.6 Å². The van der Waals surface area contributed by atoms with Crippen LogP contribution in [0.25, 0.3) is 0 Å². The lowest BCUT2D eigenvalue weighted by atomic mass is 10.0. The van der Waals surface area contributed by atoms with Gasteiger partial charge in [-0.1, -0.05) is 76.1 Å². The van der Waals surface area contributed by atoms with E-state index < -0.39 is 11.6 Å². The molecule has 3 rings (SSSR count). The molecule has 184 valence electrons. The van der Waals surface area contributed by atoms with Gasteiger partial charge in [0.1, 0.15) is 6.04 Å². The molecule has 0 bridgehead atoms. The van der Waals surface area contributed by atoms with Crippen molar-refractivity contribution in [3.8, 4) is 0 Å². The Morgan fingerprint density at radius 1 is 0.943 bits per heavy atom. The Hall–Kier alpha value is -2.57. The van der Waals surface area contributed by atoms with E-state index in [1.165, 1.54) is 17.3 Å². The van der Waals surface area contributed by atoms with Crippen LogP contribution in [0.5, 0.6) is 0 Å². The van der Waals surface area contributed by atoms with Gasteiger partial charge in [-0.2, -0.15) is 0 Å². The van der Waals surface area contributed by atoms with Crippen LogP contribution in [0.15, 0.2) is 88.2 Å². The number of hydrogen-bond acceptors (Lipinski definition) is 3. The standard InChI is InChI=1S/C29H33BrN2O2S/c1-21-13-15-25(16-14-21)35-20-27(33)32(19-23-11-8-12-24(30)17-23)26(28(34)31-29(2,3)4)18-22-9-6-5-7-10-22/h5-17,26H,18-20H2,1-4H3,(H,31,34)/t26-/m1/s1. The van der Waals surface area contributed by atoms with Gasteiger partial charge >= 0.3 is 0 Å². The van der Waals surface area contributed by atoms with Gasteiger partial charge in [-0.15, -0.1) is 11.8 Å². The molecular weight excluding hydrogens is 520 g/mol. The first kappa shape index (κ1) is 27.0. The summed E-state index contributed by atoms with van der Waals surface area (Å²) in [6, 6.07) is 25.3. The molecule has 3 aromatic carbocycles. The molecule has 0 aliphatic rings. The monoisotopic (exact) mass is 552 g/mol. The summed E-state index contributed by atoms with van der Waals surface area (Å²) in [6.45, 7) is 8.26. The second kappa shape index (κ2) is 12.4. The van der Waals surface area contributed by atoms with Gasteiger partial charge in [-0.3, -0.25) is 9.59 Å². The summed E-state index contributed by atoms with van der Waals surface area (Å²) in [7, 11) is 0. The lowest BCUT2D eigenvalue weighted by Crippen LogP contribution is -2.54. The molecule has 0 heterocycles. The Morgan fingerprint density at radius 3 is 2.23 bits per heavy atom. The summed E-state index contributed by atoms with van der Waals surface area (Å²) in [5.41, 5.74) is 2.75. The molecule has 35 heavy (non-hydrogen) atoms. The summed E-state index contributed by atoms with van der Waals surface area (Å²) in [6.07, 6.45) is 0.442. The molecule has 0 aliphatic carbocycles. The molecule has 0 fully saturated rings. The third-order valence-electron chi connectivity index (χ3n) is 5.39. The fraction of sp³-hybridized carbons (Fsp3) is 0.310. The zero-order valence-corrected chi connectivity index (χ0v) is 23.2. The topological polar surface area (TPSA) is 49.4 Å². The van der Waals surface area contributed by atoms with Gasteiger partial charge < -0.3 is 10.2 Å². The van der Waals surface area contributed by atoms with Crippen molar-refractivity contribution < 1.29 is 9.59 Å². The number of nitrogens with one attached hydrogen (secondary N) is 1. The molecule has 0 saturated carbocycles. The van der Waals surface area contributed by atoms with E-state index in [4.69, 9.17) is 0 Å². The Labute approximate surface area is 221 Å². The predicted octanol–water partition coefficient (Wildman–Crippen LogP) is 6.40. The lowest BCUT2D eigenvalue weighted by molar-refractivity contribution is -0.140. The van der Waals surface area contributed by atoms with E-state index in [-0.39, 0.29) is 17.6 Å². The van der Waals surface area contributed by atoms with Gasteiger partial charge in [-0.05, 0) is 63.1 Å². The van der Waals surface area contributed by atoms with Gasteiger partial charge in [0.25, 0.3) is 0 Å². The van der Waals surface area contributed by atoms with Gasteiger partial charge in [0.05, 0.1) is 5.75 Å². The SMILES string of the molecule is Cc1ccc(SCC(=O)N(Cc2cccc(Br)c2)[C@H](Cc2ccccc2)C(=O)NC(C)(C)C)cc1. The number of nitrogens with zero attached hydrogens (tertiary/aromatic N) is 1. The summed E-state index contributed by atoms with van der Waals surface area (Å²) in [5.74, 6) is 0.0381. The minimum atomic E-state index is -0.637. The molecule has 1 N–H and O–H groups in total. The highest BCUT2D eigenvalue weighted by atomic mass is 79.9. The minimum absolute atomic E-state index is 0.0689. The van der Waals surface area contributed by atoms with Crippen molar-refractivity contribution in [3.05, 3.63) is 100 Å². The van der Waals surface area contributed by atoms with Crippen molar-refractivity contribution in [1.29, 1.82) is 0 Å². The summed E-state index contributed by atoms with van der Waals surface area (Å²) in [4.78, 5) is 30.0. The van der Waals surface area contributed by atoms with Crippen LogP contribution in [0.1, 0.15) is 37.5 Å². The molecule has 0 unspecified atom stereocenters. The minimum Gasteiger partial charge on any atom is -0.350 e. The van der Waals surface area contributed by atoms with Crippen LogP contribution in [-0.4, -0.2) is 34.0 Å². The number of carbonyl (C=O) groups excluding carboxylic acids is 2. The van der Waals surface area contributed by atoms with Gasteiger partial charge in [0.15, 0.2) is 0 Å². The van der Waals surface area contributed by atoms with Crippen LogP contribution < -0.4 is 5.32 Å². The zero-order chi connectivity index (χ0) is 25.4. The number of hydrogen-bond donors (Lipinski definition) is 1. The molecule has 1 atom stereocenters. The number of rotatable bonds is 9. The maximum atomic E-state index is 13.7. The quantitative estimate of drug-likeness (QED) is 0.312. The molecule has 0 aromatic heterocycles. The van der Waals surface area contributed by atoms with Crippen molar-refractivity contribution in [2.24, 2.45) is 0 Å². The number of benzene rings is 3. The van der Waals surface area contributed by atoms with Crippen LogP contribution >= 0.6 is 27.7 Å². The summed E-state index contributed by atoms with van der Waals surface area (Å²) in [5, 5.41) is 3.10. The summed E-state index contributed by atoms with van der Waals surface area (Å²) < 4.78 is 0.940. The van der Waals surface area contributed by atoms with Crippen LogP contribution in [0.4, 0.5) is 0 Å². The molecular formula is C29H33BrN2O2S. The number of amides is 2. The Balaban J connectivity index is 1.92. The Kier molecular flexibility index (Phi) is 9.58. The van der Waals surface area contributed by atoms with Gasteiger partial charge in [0.2, 0.25) is 11.8 Å². The normalized spacial score (nSPS) is 12.1. The van der Waals surface area contributed by atoms with Crippen LogP contribution in [0, 0.1) is 6.92 Å². The van der Waals surface area contributed by atoms with E-state index in [1.807, 2.05) is 107 Å². The molecule has 6 heteroatoms. The molecule has 0 saturated heterocycles. The average molecular weight is 554 g/mol. The van der Waals surface area contributed by atoms with Crippen molar-refractivity contribution in [3.63, 3.8) is 0 Å². The van der Waals surface area contributed by atoms with E-state index in [9.17, 15) is 9.59 Å². The van der Waals surface area contributed by atoms with E-state index in [0.717, 1.165) is 20.5 Å². The highest BCUT2D eigenvalue weighted by Crippen LogP contribution is 2.23. The van der Waals surface area contributed by atoms with Gasteiger partial charge in [-0.25, -0.2) is 0 Å². The van der Waals surface area contributed by atoms with E-state index in [0.29, 0.717) is 13.0 Å². The average Bonchev–Trinajstić information content (AvgIpc) is 2.80. The van der Waals surface area contributed by atoms with E-state index >= 15 is 0 Å². The Morgan fingerprint density at radius 2 is 1.60 bits per heavy atom. The van der Waals surface area contributed by atoms with Gasteiger partial charge in [0, 0.05) is 27.9 Å². The lowest BCUT2D eigenvalue weighted by Gasteiger charge is -2.34. The van der Waals surface area contributed by atoms with Crippen molar-refractivity contribution in [1.82, 2.24) is 10.2 Å². The van der Waals surface area contributed by atoms with Crippen molar-refractivity contribution in [2.45, 2.75) is 57.1 Å². The van der Waals surface area contributed by atoms with Crippen LogP contribution in [0.2, 0.25) is 0 Å². The highest BCUT2D eigenvalue weighted by molar-refractivity contribution is 9.10. The second-order valence-electron chi connectivity index (χ2n) is 9.70. The molecule has 0 spiro atoms. The zero-order valence-electron chi connectivity index (χ0n) is 20.8. The maximum Gasteiger partial charge on any atom is 0.243 e. The molecule has 2 amide bonds. The predicted molar refractivity (Wildman–Crippen MR) is 148 cm³/mol. The molecule has 3 aromatic rings. The van der Waals surface area contributed by atoms with Crippen molar-refractivity contribution >= 4 is 39.5 Å². The van der Waals surface area contributed by atoms with Crippen molar-refractivity contribution in [2.75, 3.05) is 5.75 Å². The third kappa shape index (κ3) is 8.86. The first-order valence-electron chi connectivity index (χ1n) is 11.7. The highest BCUT2D eigenvalue weighted by Gasteiger charge is 2.32. The molecule has 0 radical (unpaired) electrons. The number of aryl methyl sites for hydroxylation is 1. The fourth-order valence-corrected chi connectivity index (χ4v) is 4.93. The molecule has 4 nitrogen and oxygen atoms in total. The summed E-state index contributed by atoms with van der Waals surface area (Å²) >= 11 is 5.02. The second-order valence-corrected chi connectivity index (χ2v) is 11.7. The smallest absolute Gasteiger partial charge is 0.243 e. The molecule has 0 aliphatic heterocycles. The fourth-order valence-electron chi connectivity index (χ4n) is 3.70. The number of halogens is 1. The van der Waals surface area contributed by atoms with Crippen LogP contribution in [0.3, 0.4) is 0 Å². The first-order chi connectivity index (χ1) is 16.6. The largest absolute Gasteiger partial charge is 0.350 e.